The van der Waals surface area contributed by atoms with Crippen molar-refractivity contribution in [1.29, 1.82) is 0 Å². The van der Waals surface area contributed by atoms with Crippen molar-refractivity contribution in [2.24, 2.45) is 9.77 Å². The summed E-state index contributed by atoms with van der Waals surface area (Å²) in [5, 5.41) is 0. The molecule has 0 amide bonds. The van der Waals surface area contributed by atoms with E-state index in [0.717, 1.165) is 0 Å². The summed E-state index contributed by atoms with van der Waals surface area (Å²) in [5.41, 5.74) is 0. The molecule has 0 aliphatic carbocycles. The second kappa shape index (κ2) is 8.88. The van der Waals surface area contributed by atoms with E-state index in [0.29, 0.717) is 0 Å². The second-order valence-electron chi connectivity index (χ2n) is 0.231. The quantitative estimate of drug-likeness (QED) is 0.281. The van der Waals surface area contributed by atoms with Gasteiger partial charge in [0.2, 0.25) is 0 Å². The van der Waals surface area contributed by atoms with E-state index in [1.807, 2.05) is 0 Å². The Balaban J connectivity index is 0. The molecule has 0 saturated heterocycles. The Morgan fingerprint density at radius 3 is 1.20 bits per heavy atom. The maximum Gasteiger partial charge on any atom is 0.0113 e. The Morgan fingerprint density at radius 1 is 1.00 bits per heavy atom. The summed E-state index contributed by atoms with van der Waals surface area (Å²) in [6, 6.07) is 0. The van der Waals surface area contributed by atoms with Gasteiger partial charge < -0.3 is 0 Å². The van der Waals surface area contributed by atoms with Gasteiger partial charge in [0, 0.05) is 35.3 Å². The van der Waals surface area contributed by atoms with Crippen molar-refractivity contribution >= 4 is 18.8 Å². The minimum absolute atomic E-state index is 0. The third-order valence-corrected chi connectivity index (χ3v) is 0.600. The van der Waals surface area contributed by atoms with Crippen LogP contribution in [0.15, 0.2) is 9.77 Å². The summed E-state index contributed by atoms with van der Waals surface area (Å²) in [6.45, 7) is 0. The number of nitrogens with zero attached hydrogens (tertiary/aromatic N) is 2. The van der Waals surface area contributed by atoms with E-state index in [9.17, 15) is 0 Å². The van der Waals surface area contributed by atoms with Crippen molar-refractivity contribution in [2.45, 2.75) is 0 Å². The van der Waals surface area contributed by atoms with E-state index in [4.69, 9.17) is 0 Å². The zero-order chi connectivity index (χ0) is 3.41. The van der Waals surface area contributed by atoms with Crippen molar-refractivity contribution in [3.05, 3.63) is 0 Å². The Kier molecular flexibility index (Phi) is 16.6. The first kappa shape index (κ1) is 9.35. The molecule has 0 bridgehead atoms. The zero-order valence-electron chi connectivity index (χ0n) is 2.37. The van der Waals surface area contributed by atoms with Gasteiger partial charge in [0.05, 0.1) is 0 Å². The van der Waals surface area contributed by atoms with Crippen molar-refractivity contribution < 1.29 is 16.5 Å². The molecule has 5 heteroatoms. The molecule has 5 heavy (non-hydrogen) atoms. The third kappa shape index (κ3) is 11.3. The molecule has 2 nitrogen and oxygen atoms in total. The first-order valence-electron chi connectivity index (χ1n) is 0.716. The topological polar surface area (TPSA) is 24.7 Å². The van der Waals surface area contributed by atoms with Gasteiger partial charge in [-0.2, -0.15) is 9.77 Å². The zero-order valence-corrected chi connectivity index (χ0v) is 5.66. The van der Waals surface area contributed by atoms with E-state index in [-0.39, 0.29) is 16.5 Å². The molecule has 0 heterocycles. The molecular formula is H4N2NiP2. The SMILES string of the molecule is PN=NP.[Ni]. The van der Waals surface area contributed by atoms with Gasteiger partial charge in [0.1, 0.15) is 0 Å². The van der Waals surface area contributed by atoms with Crippen LogP contribution in [0, 0.1) is 0 Å². The van der Waals surface area contributed by atoms with Crippen molar-refractivity contribution in [1.82, 2.24) is 0 Å². The standard InChI is InChI=1S/H4N2P2.Ni/c3-1-2-4;/h3-4H2;. The minimum atomic E-state index is 0. The van der Waals surface area contributed by atoms with Gasteiger partial charge in [0.15, 0.2) is 0 Å². The van der Waals surface area contributed by atoms with Crippen LogP contribution in [0.1, 0.15) is 0 Å². The molecule has 2 unspecified atom stereocenters. The average Bonchev–Trinajstić information content (AvgIpc) is 1.37. The Morgan fingerprint density at radius 2 is 1.20 bits per heavy atom. The van der Waals surface area contributed by atoms with Crippen LogP contribution < -0.4 is 0 Å². The molecule has 0 aromatic rings. The molecule has 0 aliphatic heterocycles. The second-order valence-corrected chi connectivity index (χ2v) is 0.693. The summed E-state index contributed by atoms with van der Waals surface area (Å²) in [5.74, 6) is 0. The molecule has 0 radical (unpaired) electrons. The maximum absolute atomic E-state index is 3.24. The third-order valence-electron chi connectivity index (χ3n) is 0.0667. The number of hydrogen-bond donors (Lipinski definition) is 0. The summed E-state index contributed by atoms with van der Waals surface area (Å²) >= 11 is 0. The van der Waals surface area contributed by atoms with Gasteiger partial charge >= 0.3 is 0 Å². The van der Waals surface area contributed by atoms with Crippen LogP contribution in [0.3, 0.4) is 0 Å². The van der Waals surface area contributed by atoms with E-state index in [1.54, 1.807) is 0 Å². The van der Waals surface area contributed by atoms with Gasteiger partial charge in [-0.25, -0.2) is 0 Å². The predicted octanol–water partition coefficient (Wildman–Crippen LogP) is 1.02. The van der Waals surface area contributed by atoms with Crippen LogP contribution in [-0.4, -0.2) is 0 Å². The fraction of sp³-hybridized carbons (Fsp3) is 0. The van der Waals surface area contributed by atoms with Crippen molar-refractivity contribution in [3.8, 4) is 0 Å². The largest absolute Gasteiger partial charge is 0.175 e. The molecule has 0 spiro atoms. The predicted molar refractivity (Wildman–Crippen MR) is 24.3 cm³/mol. The van der Waals surface area contributed by atoms with Gasteiger partial charge in [-0.05, 0) is 0 Å². The molecule has 0 aromatic carbocycles. The first-order chi connectivity index (χ1) is 1.91. The molecular weight excluding hydrogens is 149 g/mol. The first-order valence-corrected chi connectivity index (χ1v) is 1.75. The van der Waals surface area contributed by atoms with E-state index in [2.05, 4.69) is 28.6 Å². The molecule has 2 atom stereocenters. The molecule has 0 saturated carbocycles. The summed E-state index contributed by atoms with van der Waals surface area (Å²) in [7, 11) is 4.19. The molecule has 0 rings (SSSR count). The Bertz CT molecular complexity index is 22.8. The van der Waals surface area contributed by atoms with Crippen LogP contribution in [0.25, 0.3) is 0 Å². The van der Waals surface area contributed by atoms with Gasteiger partial charge in [-0.3, -0.25) is 0 Å². The van der Waals surface area contributed by atoms with E-state index in [1.165, 1.54) is 0 Å². The average molecular weight is 153 g/mol. The maximum atomic E-state index is 3.24. The van der Waals surface area contributed by atoms with Gasteiger partial charge in [-0.1, -0.05) is 0 Å². The minimum Gasteiger partial charge on any atom is -0.175 e. The number of rotatable bonds is 0. The van der Waals surface area contributed by atoms with E-state index >= 15 is 0 Å². The van der Waals surface area contributed by atoms with Gasteiger partial charge in [0.25, 0.3) is 0 Å². The number of hydrogen-bond acceptors (Lipinski definition) is 2. The Hall–Kier alpha value is 0.954. The van der Waals surface area contributed by atoms with Crippen molar-refractivity contribution in [2.75, 3.05) is 0 Å². The fourth-order valence-corrected chi connectivity index (χ4v) is 0. The van der Waals surface area contributed by atoms with Crippen LogP contribution in [0.2, 0.25) is 0 Å². The molecule has 0 fully saturated rings. The Labute approximate surface area is 45.6 Å². The van der Waals surface area contributed by atoms with E-state index < -0.39 is 0 Å². The molecule has 0 aromatic heterocycles. The fourth-order valence-electron chi connectivity index (χ4n) is 0. The van der Waals surface area contributed by atoms with Gasteiger partial charge in [-0.15, -0.1) is 0 Å². The summed E-state index contributed by atoms with van der Waals surface area (Å²) < 4.78 is 0. The van der Waals surface area contributed by atoms with Crippen LogP contribution in [-0.2, 0) is 16.5 Å². The van der Waals surface area contributed by atoms with Crippen LogP contribution in [0.5, 0.6) is 0 Å². The molecule has 0 N–H and O–H groups in total. The summed E-state index contributed by atoms with van der Waals surface area (Å²) in [6.07, 6.45) is 0. The van der Waals surface area contributed by atoms with Crippen LogP contribution in [0.4, 0.5) is 0 Å². The van der Waals surface area contributed by atoms with Crippen molar-refractivity contribution in [3.63, 3.8) is 0 Å². The summed E-state index contributed by atoms with van der Waals surface area (Å²) in [4.78, 5) is 6.48. The van der Waals surface area contributed by atoms with Crippen LogP contribution >= 0.6 is 18.8 Å². The molecule has 34 valence electrons. The monoisotopic (exact) mass is 152 g/mol. The normalized spacial score (nSPS) is 7.60. The smallest absolute Gasteiger partial charge is 0.0113 e. The molecule has 0 aliphatic rings.